The van der Waals surface area contributed by atoms with Crippen molar-refractivity contribution >= 4 is 57.7 Å². The van der Waals surface area contributed by atoms with Crippen molar-refractivity contribution in [2.45, 2.75) is 26.2 Å². The second-order valence-electron chi connectivity index (χ2n) is 8.46. The second kappa shape index (κ2) is 10.2. The monoisotopic (exact) mass is 551 g/mol. The summed E-state index contributed by atoms with van der Waals surface area (Å²) in [6.07, 6.45) is 0.596. The van der Waals surface area contributed by atoms with Gasteiger partial charge in [0.2, 0.25) is 0 Å². The molecule has 1 fully saturated rings. The van der Waals surface area contributed by atoms with Crippen LogP contribution in [0.15, 0.2) is 63.8 Å². The molecule has 0 saturated carbocycles. The van der Waals surface area contributed by atoms with Crippen LogP contribution in [0, 0.1) is 0 Å². The molecule has 4 aromatic rings. The molecule has 1 saturated heterocycles. The number of nitrogens with zero attached hydrogens (tertiary/aromatic N) is 1. The number of fused-ring (bicyclic) bond motifs is 1. The second-order valence-corrected chi connectivity index (χ2v) is 10.0. The number of hydroxylamine groups is 2. The van der Waals surface area contributed by atoms with Gasteiger partial charge in [-0.05, 0) is 42.0 Å². The molecule has 2 aromatic carbocycles. The SMILES string of the molecule is CC(=O)Oc1cc2oc(=O)c(-c3ccc(Cc4ccc(C(=O)ON5C(=O)CCC5=O)cc4)s3)cc2cc1Cl. The van der Waals surface area contributed by atoms with E-state index in [1.807, 2.05) is 12.1 Å². The Labute approximate surface area is 224 Å². The highest BCUT2D eigenvalue weighted by molar-refractivity contribution is 7.15. The molecular weight excluding hydrogens is 534 g/mol. The fourth-order valence-corrected chi connectivity index (χ4v) is 5.15. The van der Waals surface area contributed by atoms with Crippen molar-refractivity contribution in [3.8, 4) is 16.2 Å². The maximum absolute atomic E-state index is 12.7. The van der Waals surface area contributed by atoms with Gasteiger partial charge in [-0.25, -0.2) is 9.59 Å². The predicted octanol–water partition coefficient (Wildman–Crippen LogP) is 4.91. The van der Waals surface area contributed by atoms with Crippen LogP contribution in [0.4, 0.5) is 0 Å². The summed E-state index contributed by atoms with van der Waals surface area (Å²) >= 11 is 7.63. The van der Waals surface area contributed by atoms with Crippen molar-refractivity contribution in [2.75, 3.05) is 0 Å². The van der Waals surface area contributed by atoms with E-state index in [1.165, 1.54) is 24.3 Å². The molecule has 5 rings (SSSR count). The number of carbonyl (C=O) groups excluding carboxylic acids is 4. The lowest BCUT2D eigenvalue weighted by atomic mass is 10.1. The van der Waals surface area contributed by atoms with Crippen molar-refractivity contribution < 1.29 is 33.2 Å². The lowest BCUT2D eigenvalue weighted by Gasteiger charge is -2.12. The number of thiophene rings is 1. The zero-order chi connectivity index (χ0) is 27.0. The van der Waals surface area contributed by atoms with Crippen LogP contribution in [-0.2, 0) is 25.6 Å². The molecule has 9 nitrogen and oxygen atoms in total. The van der Waals surface area contributed by atoms with Crippen molar-refractivity contribution in [1.29, 1.82) is 0 Å². The lowest BCUT2D eigenvalue weighted by Crippen LogP contribution is -2.32. The van der Waals surface area contributed by atoms with Crippen LogP contribution >= 0.6 is 22.9 Å². The first-order chi connectivity index (χ1) is 18.2. The van der Waals surface area contributed by atoms with E-state index < -0.39 is 29.4 Å². The van der Waals surface area contributed by atoms with Gasteiger partial charge in [0.15, 0.2) is 5.75 Å². The van der Waals surface area contributed by atoms with Gasteiger partial charge in [0, 0.05) is 47.4 Å². The number of rotatable bonds is 6. The van der Waals surface area contributed by atoms with Crippen molar-refractivity contribution in [3.63, 3.8) is 0 Å². The number of ether oxygens (including phenoxy) is 1. The van der Waals surface area contributed by atoms with E-state index in [2.05, 4.69) is 0 Å². The Morgan fingerprint density at radius 1 is 1.00 bits per heavy atom. The maximum atomic E-state index is 12.7. The van der Waals surface area contributed by atoms with Crippen LogP contribution in [0.5, 0.6) is 5.75 Å². The number of esters is 1. The van der Waals surface area contributed by atoms with Crippen molar-refractivity contribution in [1.82, 2.24) is 5.06 Å². The smallest absolute Gasteiger partial charge is 0.363 e. The summed E-state index contributed by atoms with van der Waals surface area (Å²) in [6.45, 7) is 1.25. The average Bonchev–Trinajstić information content (AvgIpc) is 3.46. The maximum Gasteiger partial charge on any atom is 0.363 e. The summed E-state index contributed by atoms with van der Waals surface area (Å²) in [4.78, 5) is 66.1. The largest absolute Gasteiger partial charge is 0.425 e. The zero-order valence-electron chi connectivity index (χ0n) is 19.8. The van der Waals surface area contributed by atoms with E-state index in [0.29, 0.717) is 27.3 Å². The van der Waals surface area contributed by atoms with Crippen LogP contribution < -0.4 is 10.4 Å². The fourth-order valence-electron chi connectivity index (χ4n) is 3.90. The number of benzene rings is 2. The number of halogens is 1. The number of hydrogen-bond donors (Lipinski definition) is 0. The van der Waals surface area contributed by atoms with E-state index in [4.69, 9.17) is 25.6 Å². The Balaban J connectivity index is 1.31. The molecule has 11 heteroatoms. The molecule has 0 bridgehead atoms. The Kier molecular flexibility index (Phi) is 6.83. The topological polar surface area (TPSA) is 120 Å². The van der Waals surface area contributed by atoms with Crippen LogP contribution in [0.2, 0.25) is 5.02 Å². The molecule has 0 unspecified atom stereocenters. The highest BCUT2D eigenvalue weighted by Gasteiger charge is 2.33. The Hall–Kier alpha value is -4.28. The predicted molar refractivity (Wildman–Crippen MR) is 138 cm³/mol. The van der Waals surface area contributed by atoms with E-state index >= 15 is 0 Å². The Bertz CT molecular complexity index is 1650. The first-order valence-corrected chi connectivity index (χ1v) is 12.6. The van der Waals surface area contributed by atoms with Crippen molar-refractivity contribution in [3.05, 3.63) is 86.0 Å². The minimum Gasteiger partial charge on any atom is -0.425 e. The standard InChI is InChI=1S/C27H18ClNO8S/c1-14(30)35-22-13-21-17(12-20(22)28)11-19(27(34)36-21)23-7-6-18(38-23)10-15-2-4-16(5-3-15)26(33)37-29-24(31)8-9-25(29)32/h2-7,11-13H,8-10H2,1H3. The molecule has 0 spiro atoms. The highest BCUT2D eigenvalue weighted by atomic mass is 35.5. The summed E-state index contributed by atoms with van der Waals surface area (Å²) in [6, 6.07) is 15.0. The molecule has 1 aliphatic heterocycles. The van der Waals surface area contributed by atoms with Crippen LogP contribution in [0.25, 0.3) is 21.4 Å². The third-order valence-electron chi connectivity index (χ3n) is 5.72. The highest BCUT2D eigenvalue weighted by Crippen LogP contribution is 2.33. The molecule has 2 amide bonds. The minimum absolute atomic E-state index is 0.0275. The molecule has 0 radical (unpaired) electrons. The average molecular weight is 552 g/mol. The molecule has 0 N–H and O–H groups in total. The Morgan fingerprint density at radius 2 is 1.71 bits per heavy atom. The summed E-state index contributed by atoms with van der Waals surface area (Å²) in [5, 5.41) is 1.31. The van der Waals surface area contributed by atoms with Crippen molar-refractivity contribution in [2.24, 2.45) is 0 Å². The van der Waals surface area contributed by atoms with E-state index in [1.54, 1.807) is 36.4 Å². The molecule has 1 aliphatic rings. The number of hydrogen-bond acceptors (Lipinski definition) is 9. The van der Waals surface area contributed by atoms with Gasteiger partial charge >= 0.3 is 17.6 Å². The van der Waals surface area contributed by atoms with Gasteiger partial charge < -0.3 is 14.0 Å². The van der Waals surface area contributed by atoms with E-state index in [0.717, 1.165) is 10.4 Å². The van der Waals surface area contributed by atoms with Crippen LogP contribution in [-0.4, -0.2) is 28.8 Å². The number of imide groups is 1. The first-order valence-electron chi connectivity index (χ1n) is 11.4. The fraction of sp³-hybridized carbons (Fsp3) is 0.148. The zero-order valence-corrected chi connectivity index (χ0v) is 21.4. The van der Waals surface area contributed by atoms with E-state index in [9.17, 15) is 24.0 Å². The Morgan fingerprint density at radius 3 is 2.39 bits per heavy atom. The van der Waals surface area contributed by atoms with Gasteiger partial charge in [0.1, 0.15) is 5.58 Å². The molecule has 192 valence electrons. The van der Waals surface area contributed by atoms with Gasteiger partial charge in [-0.15, -0.1) is 16.4 Å². The first kappa shape index (κ1) is 25.4. The molecular formula is C27H18ClNO8S. The third kappa shape index (κ3) is 5.22. The van der Waals surface area contributed by atoms with Crippen LogP contribution in [0.1, 0.15) is 40.6 Å². The van der Waals surface area contributed by atoms with Gasteiger partial charge in [-0.2, -0.15) is 0 Å². The van der Waals surface area contributed by atoms with Gasteiger partial charge in [-0.3, -0.25) is 14.4 Å². The van der Waals surface area contributed by atoms with Gasteiger partial charge in [0.05, 0.1) is 16.1 Å². The van der Waals surface area contributed by atoms with E-state index in [-0.39, 0.29) is 34.8 Å². The number of amides is 2. The summed E-state index contributed by atoms with van der Waals surface area (Å²) in [5.74, 6) is -2.30. The van der Waals surface area contributed by atoms with Gasteiger partial charge in [0.25, 0.3) is 11.8 Å². The minimum atomic E-state index is -0.790. The normalized spacial score (nSPS) is 13.3. The van der Waals surface area contributed by atoms with Crippen LogP contribution in [0.3, 0.4) is 0 Å². The molecule has 3 heterocycles. The number of carbonyl (C=O) groups is 4. The summed E-state index contributed by atoms with van der Waals surface area (Å²) < 4.78 is 10.5. The quantitative estimate of drug-likeness (QED) is 0.143. The molecule has 2 aromatic heterocycles. The van der Waals surface area contributed by atoms with Gasteiger partial charge in [-0.1, -0.05) is 23.7 Å². The summed E-state index contributed by atoms with van der Waals surface area (Å²) in [7, 11) is 0. The molecule has 0 aliphatic carbocycles. The third-order valence-corrected chi connectivity index (χ3v) is 7.13. The summed E-state index contributed by atoms with van der Waals surface area (Å²) in [5.41, 5.74) is 1.18. The molecule has 38 heavy (non-hydrogen) atoms. The lowest BCUT2D eigenvalue weighted by molar-refractivity contribution is -0.172. The molecule has 0 atom stereocenters.